The SMILES string of the molecule is CC1(C)c2ccccc2-c2ccc(N(c3ccccc3-c3cccc4oc5ccccc5c34)c3cc4ccccc4c4ccccc34)cc21. The Bertz CT molecular complexity index is 2770. The van der Waals surface area contributed by atoms with Gasteiger partial charge in [0.05, 0.1) is 11.4 Å². The number of furan rings is 1. The van der Waals surface area contributed by atoms with Crippen LogP contribution in [0, 0.1) is 0 Å². The number of para-hydroxylation sites is 2. The van der Waals surface area contributed by atoms with Crippen LogP contribution < -0.4 is 4.90 Å². The first kappa shape index (κ1) is 27.9. The molecule has 0 radical (unpaired) electrons. The van der Waals surface area contributed by atoms with Gasteiger partial charge in [-0.3, -0.25) is 0 Å². The van der Waals surface area contributed by atoms with Crippen molar-refractivity contribution < 1.29 is 4.42 Å². The van der Waals surface area contributed by atoms with Gasteiger partial charge in [-0.1, -0.05) is 141 Å². The van der Waals surface area contributed by atoms with Gasteiger partial charge in [0.25, 0.3) is 0 Å². The van der Waals surface area contributed by atoms with Crippen molar-refractivity contribution in [3.63, 3.8) is 0 Å². The van der Waals surface area contributed by atoms with Gasteiger partial charge in [0, 0.05) is 32.8 Å². The zero-order chi connectivity index (χ0) is 32.7. The lowest BCUT2D eigenvalue weighted by Crippen LogP contribution is -2.17. The average Bonchev–Trinajstić information content (AvgIpc) is 3.64. The van der Waals surface area contributed by atoms with Crippen molar-refractivity contribution in [2.75, 3.05) is 4.90 Å². The zero-order valence-corrected chi connectivity index (χ0v) is 27.4. The van der Waals surface area contributed by atoms with Crippen LogP contribution in [0.25, 0.3) is 65.7 Å². The largest absolute Gasteiger partial charge is 0.456 e. The van der Waals surface area contributed by atoms with E-state index in [-0.39, 0.29) is 5.41 Å². The number of hydrogen-bond acceptors (Lipinski definition) is 2. The predicted octanol–water partition coefficient (Wildman–Crippen LogP) is 13.3. The van der Waals surface area contributed by atoms with Crippen LogP contribution in [0.5, 0.6) is 0 Å². The molecule has 1 aliphatic rings. The van der Waals surface area contributed by atoms with Crippen molar-refractivity contribution in [3.05, 3.63) is 175 Å². The Hall–Kier alpha value is -6.12. The summed E-state index contributed by atoms with van der Waals surface area (Å²) in [5.41, 5.74) is 12.8. The lowest BCUT2D eigenvalue weighted by Gasteiger charge is -2.31. The van der Waals surface area contributed by atoms with E-state index in [4.69, 9.17) is 4.42 Å². The van der Waals surface area contributed by atoms with Crippen LogP contribution in [-0.2, 0) is 5.41 Å². The number of rotatable bonds is 4. The summed E-state index contributed by atoms with van der Waals surface area (Å²) in [7, 11) is 0. The minimum atomic E-state index is -0.125. The Morgan fingerprint density at radius 2 is 1.06 bits per heavy atom. The molecule has 0 unspecified atom stereocenters. The minimum absolute atomic E-state index is 0.125. The second-order valence-corrected chi connectivity index (χ2v) is 13.7. The van der Waals surface area contributed by atoms with Gasteiger partial charge in [-0.25, -0.2) is 0 Å². The molecule has 2 heteroatoms. The normalized spacial score (nSPS) is 13.3. The summed E-state index contributed by atoms with van der Waals surface area (Å²) in [5, 5.41) is 7.20. The summed E-state index contributed by atoms with van der Waals surface area (Å²) in [6.07, 6.45) is 0. The number of anilines is 3. The molecule has 1 aromatic heterocycles. The number of fused-ring (bicyclic) bond motifs is 9. The first-order chi connectivity index (χ1) is 24.1. The van der Waals surface area contributed by atoms with Crippen LogP contribution in [0.3, 0.4) is 0 Å². The Balaban J connectivity index is 1.30. The molecule has 0 atom stereocenters. The molecule has 0 bridgehead atoms. The maximum absolute atomic E-state index is 6.38. The molecule has 49 heavy (non-hydrogen) atoms. The molecule has 8 aromatic carbocycles. The molecule has 1 aliphatic carbocycles. The summed E-state index contributed by atoms with van der Waals surface area (Å²) < 4.78 is 6.38. The Morgan fingerprint density at radius 3 is 1.94 bits per heavy atom. The van der Waals surface area contributed by atoms with Crippen LogP contribution in [0.4, 0.5) is 17.1 Å². The molecule has 0 spiro atoms. The lowest BCUT2D eigenvalue weighted by molar-refractivity contribution is 0.660. The van der Waals surface area contributed by atoms with E-state index in [1.165, 1.54) is 43.8 Å². The van der Waals surface area contributed by atoms with Crippen LogP contribution in [0.1, 0.15) is 25.0 Å². The van der Waals surface area contributed by atoms with E-state index in [1.807, 2.05) is 6.07 Å². The quantitative estimate of drug-likeness (QED) is 0.181. The summed E-state index contributed by atoms with van der Waals surface area (Å²) in [6.45, 7) is 4.71. The second-order valence-electron chi connectivity index (χ2n) is 13.7. The van der Waals surface area contributed by atoms with E-state index in [0.717, 1.165) is 50.1 Å². The highest BCUT2D eigenvalue weighted by molar-refractivity contribution is 6.17. The summed E-state index contributed by atoms with van der Waals surface area (Å²) >= 11 is 0. The molecule has 0 saturated heterocycles. The van der Waals surface area contributed by atoms with E-state index in [1.54, 1.807) is 0 Å². The molecule has 232 valence electrons. The fourth-order valence-electron chi connectivity index (χ4n) is 8.35. The van der Waals surface area contributed by atoms with Crippen molar-refractivity contribution in [3.8, 4) is 22.3 Å². The zero-order valence-electron chi connectivity index (χ0n) is 27.4. The number of nitrogens with zero attached hydrogens (tertiary/aromatic N) is 1. The number of benzene rings is 8. The molecule has 9 aromatic rings. The highest BCUT2D eigenvalue weighted by Gasteiger charge is 2.36. The molecule has 10 rings (SSSR count). The van der Waals surface area contributed by atoms with E-state index in [0.29, 0.717) is 0 Å². The molecular formula is C47H33NO. The fourth-order valence-corrected chi connectivity index (χ4v) is 8.35. The predicted molar refractivity (Wildman–Crippen MR) is 206 cm³/mol. The first-order valence-corrected chi connectivity index (χ1v) is 17.0. The third-order valence-corrected chi connectivity index (χ3v) is 10.7. The smallest absolute Gasteiger partial charge is 0.136 e. The molecule has 0 aliphatic heterocycles. The van der Waals surface area contributed by atoms with Crippen molar-refractivity contribution in [2.45, 2.75) is 19.3 Å². The van der Waals surface area contributed by atoms with Crippen LogP contribution in [0.2, 0.25) is 0 Å². The maximum Gasteiger partial charge on any atom is 0.136 e. The second kappa shape index (κ2) is 10.4. The van der Waals surface area contributed by atoms with E-state index >= 15 is 0 Å². The van der Waals surface area contributed by atoms with E-state index in [2.05, 4.69) is 176 Å². The molecule has 0 saturated carbocycles. The average molecular weight is 628 g/mol. The molecule has 0 N–H and O–H groups in total. The molecule has 0 amide bonds. The van der Waals surface area contributed by atoms with Gasteiger partial charge >= 0.3 is 0 Å². The Labute approximate surface area is 285 Å². The van der Waals surface area contributed by atoms with E-state index in [9.17, 15) is 0 Å². The number of hydrogen-bond donors (Lipinski definition) is 0. The summed E-state index contributed by atoms with van der Waals surface area (Å²) in [5.74, 6) is 0. The molecule has 1 heterocycles. The third kappa shape index (κ3) is 4.07. The monoisotopic (exact) mass is 627 g/mol. The van der Waals surface area contributed by atoms with Crippen LogP contribution in [0.15, 0.2) is 168 Å². The first-order valence-electron chi connectivity index (χ1n) is 17.0. The lowest BCUT2D eigenvalue weighted by atomic mass is 9.82. The standard InChI is InChI=1S/C47H33NO/c1-47(2)40-22-10-7-17-34(40)35-27-26-31(29-41(35)47)48(43-28-30-14-3-4-15-32(30)33-16-5-6-18-36(33)43)42-23-11-8-19-37(42)38-21-13-25-45-46(38)39-20-9-12-24-44(39)49-45/h3-29H,1-2H3. The third-order valence-electron chi connectivity index (χ3n) is 10.7. The van der Waals surface area contributed by atoms with Gasteiger partial charge in [0.2, 0.25) is 0 Å². The fraction of sp³-hybridized carbons (Fsp3) is 0.0638. The van der Waals surface area contributed by atoms with Gasteiger partial charge in [-0.2, -0.15) is 0 Å². The minimum Gasteiger partial charge on any atom is -0.456 e. The summed E-state index contributed by atoms with van der Waals surface area (Å²) in [4.78, 5) is 2.49. The highest BCUT2D eigenvalue weighted by atomic mass is 16.3. The molecule has 0 fully saturated rings. The summed E-state index contributed by atoms with van der Waals surface area (Å²) in [6, 6.07) is 59.5. The molecular weight excluding hydrogens is 595 g/mol. The van der Waals surface area contributed by atoms with Crippen molar-refractivity contribution in [2.24, 2.45) is 0 Å². The van der Waals surface area contributed by atoms with Gasteiger partial charge < -0.3 is 9.32 Å². The van der Waals surface area contributed by atoms with Crippen molar-refractivity contribution >= 4 is 60.5 Å². The van der Waals surface area contributed by atoms with Crippen LogP contribution >= 0.6 is 0 Å². The van der Waals surface area contributed by atoms with Crippen molar-refractivity contribution in [1.82, 2.24) is 0 Å². The Morgan fingerprint density at radius 1 is 0.429 bits per heavy atom. The Kier molecular flexibility index (Phi) is 5.95. The van der Waals surface area contributed by atoms with Crippen molar-refractivity contribution in [1.29, 1.82) is 0 Å². The van der Waals surface area contributed by atoms with Gasteiger partial charge in [0.15, 0.2) is 0 Å². The van der Waals surface area contributed by atoms with Gasteiger partial charge in [-0.05, 0) is 80.4 Å². The van der Waals surface area contributed by atoms with Crippen LogP contribution in [-0.4, -0.2) is 0 Å². The highest BCUT2D eigenvalue weighted by Crippen LogP contribution is 2.52. The molecule has 2 nitrogen and oxygen atoms in total. The van der Waals surface area contributed by atoms with Gasteiger partial charge in [0.1, 0.15) is 11.2 Å². The van der Waals surface area contributed by atoms with Gasteiger partial charge in [-0.15, -0.1) is 0 Å². The maximum atomic E-state index is 6.38. The topological polar surface area (TPSA) is 16.4 Å². The van der Waals surface area contributed by atoms with E-state index < -0.39 is 0 Å².